The number of carbonyl (C=O) groups excluding carboxylic acids is 14. The first-order chi connectivity index (χ1) is 66.0. The summed E-state index contributed by atoms with van der Waals surface area (Å²) in [6.07, 6.45) is 2.79. The van der Waals surface area contributed by atoms with Crippen molar-refractivity contribution in [2.45, 2.75) is 242 Å². The highest BCUT2D eigenvalue weighted by molar-refractivity contribution is 6.01. The van der Waals surface area contributed by atoms with Crippen LogP contribution in [0.4, 0.5) is 0 Å². The number of unbranched alkanes of at least 4 members (excludes halogenated alkanes) is 1. The lowest BCUT2D eigenvalue weighted by Crippen LogP contribution is -2.62. The molecule has 40 N–H and O–H groups in total. The van der Waals surface area contributed by atoms with E-state index in [9.17, 15) is 72.9 Å². The third-order valence-corrected chi connectivity index (χ3v) is 22.3. The maximum atomic E-state index is 15.3. The fraction of sp³-hybridized carbons (Fsp3) is 0.522. The first-order valence-electron chi connectivity index (χ1n) is 46.0. The third-order valence-electron chi connectivity index (χ3n) is 22.3. The molecule has 15 atom stereocenters. The second-order valence-corrected chi connectivity index (χ2v) is 34.7. The fourth-order valence-corrected chi connectivity index (χ4v) is 15.0. The number of aromatic nitrogens is 3. The number of carboxylic acid groups (broad SMARTS) is 1. The van der Waals surface area contributed by atoms with E-state index in [4.69, 9.17) is 57.3 Å². The number of amides is 14. The summed E-state index contributed by atoms with van der Waals surface area (Å²) in [6.45, 7) is 8.90. The Morgan fingerprint density at radius 1 is 0.345 bits per heavy atom. The number of hydrogen-bond donors (Lipinski definition) is 30. The molecular formula is C90H139N31O18. The number of benzene rings is 3. The number of nitrogens with two attached hydrogens (primary N) is 10. The average molecular weight is 1940 g/mol. The van der Waals surface area contributed by atoms with Gasteiger partial charge in [-0.3, -0.25) is 87.1 Å². The van der Waals surface area contributed by atoms with Gasteiger partial charge in [0.1, 0.15) is 78.5 Å². The van der Waals surface area contributed by atoms with Gasteiger partial charge < -0.3 is 162 Å². The minimum atomic E-state index is -1.83. The summed E-state index contributed by atoms with van der Waals surface area (Å²) in [5.41, 5.74) is 61.0. The molecule has 3 heterocycles. The largest absolute Gasteiger partial charge is 0.480 e. The lowest BCUT2D eigenvalue weighted by atomic mass is 10.0. The maximum absolute atomic E-state index is 15.3. The Morgan fingerprint density at radius 3 is 1.04 bits per heavy atom. The zero-order valence-corrected chi connectivity index (χ0v) is 79.3. The van der Waals surface area contributed by atoms with Crippen molar-refractivity contribution in [3.8, 4) is 0 Å². The molecule has 6 rings (SSSR count). The Balaban J connectivity index is 1.20. The van der Waals surface area contributed by atoms with Crippen LogP contribution in [0.1, 0.15) is 149 Å². The topological polar surface area (TPSA) is 842 Å². The molecule has 14 amide bonds. The summed E-state index contributed by atoms with van der Waals surface area (Å²) >= 11 is 0. The van der Waals surface area contributed by atoms with Crippen molar-refractivity contribution in [2.75, 3.05) is 45.9 Å². The molecule has 0 saturated heterocycles. The van der Waals surface area contributed by atoms with Crippen LogP contribution >= 0.6 is 0 Å². The van der Waals surface area contributed by atoms with E-state index in [0.717, 1.165) is 16.5 Å². The van der Waals surface area contributed by atoms with E-state index in [1.807, 2.05) is 30.3 Å². The van der Waals surface area contributed by atoms with Gasteiger partial charge in [-0.1, -0.05) is 82.3 Å². The van der Waals surface area contributed by atoms with Crippen LogP contribution in [0.25, 0.3) is 32.7 Å². The summed E-state index contributed by atoms with van der Waals surface area (Å²) in [5.74, 6) is -16.2. The first kappa shape index (κ1) is 113. The first-order valence-corrected chi connectivity index (χ1v) is 46.0. The number of aliphatic hydroxyl groups excluding tert-OH is 2. The normalized spacial score (nSPS) is 14.5. The van der Waals surface area contributed by atoms with E-state index < -0.39 is 193 Å². The molecule has 3 aromatic heterocycles. The molecule has 3 aromatic carbocycles. The van der Waals surface area contributed by atoms with E-state index in [2.05, 4.69) is 109 Å². The van der Waals surface area contributed by atoms with Crippen LogP contribution in [0.15, 0.2) is 111 Å². The van der Waals surface area contributed by atoms with Gasteiger partial charge in [0.15, 0.2) is 23.8 Å². The van der Waals surface area contributed by atoms with E-state index in [1.165, 1.54) is 20.8 Å². The molecule has 0 aliphatic heterocycles. The molecular weight excluding hydrogens is 1800 g/mol. The average Bonchev–Trinajstić information content (AvgIpc) is 1.78. The van der Waals surface area contributed by atoms with E-state index >= 15 is 14.4 Å². The number of aromatic amines is 3. The van der Waals surface area contributed by atoms with Gasteiger partial charge in [-0.25, -0.2) is 4.79 Å². The van der Waals surface area contributed by atoms with Gasteiger partial charge in [-0.05, 0) is 164 Å². The molecule has 0 bridgehead atoms. The van der Waals surface area contributed by atoms with Crippen LogP contribution in [0.5, 0.6) is 0 Å². The molecule has 0 fully saturated rings. The van der Waals surface area contributed by atoms with Crippen LogP contribution in [-0.2, 0) is 91.2 Å². The number of carboxylic acids is 1. The molecule has 49 heteroatoms. The second kappa shape index (κ2) is 57.3. The smallest absolute Gasteiger partial charge is 0.326 e. The van der Waals surface area contributed by atoms with Crippen LogP contribution in [0.2, 0.25) is 0 Å². The van der Waals surface area contributed by atoms with Gasteiger partial charge >= 0.3 is 5.97 Å². The molecule has 6 aromatic rings. The molecule has 139 heavy (non-hydrogen) atoms. The van der Waals surface area contributed by atoms with E-state index in [-0.39, 0.29) is 165 Å². The van der Waals surface area contributed by atoms with Crippen molar-refractivity contribution in [3.63, 3.8) is 0 Å². The number of aliphatic imine (C=N–C) groups is 4. The quantitative estimate of drug-likeness (QED) is 0.00960. The highest BCUT2D eigenvalue weighted by Gasteiger charge is 2.39. The minimum absolute atomic E-state index is 0.00444. The summed E-state index contributed by atoms with van der Waals surface area (Å²) in [6, 6.07) is 0.538. The predicted molar refractivity (Wildman–Crippen MR) is 521 cm³/mol. The molecule has 0 aliphatic rings. The standard InChI is InChI=1S/C90H139N31O18/c1-46(2)36-66(76(128)108-44-71(124)111-67(37-47(3)4)81(133)110-48(5)73(125)116-65(86(138)139)30-19-35-104-90(99)100)118-79(131)61(26-14-15-31-91)114-84(136)70(45-122)120-74(126)49(6)109-77(129)62(27-16-32-101-87(93)94)113-82(134)68(39-52-42-106-59-24-12-9-21-55(52)59)119-80(132)63(28-17-33-102-88(95)96)112-78(130)64(29-18-34-103-89(97)98)115-85(137)72(50(7)123)121-83(135)69(40-53-43-107-60-25-13-10-22-56(53)60)117-75(127)57(92)38-51-41-105-58-23-11-8-20-54(51)58/h8-13,20-25,41-43,46-50,57,61-70,72,105-107,122-123H,14-19,26-40,44-45,91-92H2,1-7H3,(H,108,128)(H,109,129)(H,110,133)(H,111,124)(H,112,130)(H,113,134)(H,114,136)(H,115,137)(H,116,125)(H,117,127)(H,118,131)(H,119,132)(H,120,126)(H,121,135)(H,138,139)(H4,93,94,101)(H4,95,96,102)(H4,97,98,103)(H4,99,100,104)/t48-,49-,50+,57-,61-,62-,63-,64-,65-,66-,67-,68-,69-,70-,72-/m0/s1. The van der Waals surface area contributed by atoms with Gasteiger partial charge in [-0.15, -0.1) is 0 Å². The van der Waals surface area contributed by atoms with Crippen molar-refractivity contribution >= 4 is 145 Å². The predicted octanol–water partition coefficient (Wildman–Crippen LogP) is -6.16. The van der Waals surface area contributed by atoms with Crippen LogP contribution in [0, 0.1) is 11.8 Å². The number of aliphatic hydroxyl groups is 2. The van der Waals surface area contributed by atoms with E-state index in [0.29, 0.717) is 39.4 Å². The second-order valence-electron chi connectivity index (χ2n) is 34.7. The lowest BCUT2D eigenvalue weighted by molar-refractivity contribution is -0.142. The van der Waals surface area contributed by atoms with Gasteiger partial charge in [0.2, 0.25) is 82.7 Å². The molecule has 0 unspecified atom stereocenters. The fourth-order valence-electron chi connectivity index (χ4n) is 15.0. The van der Waals surface area contributed by atoms with Crippen molar-refractivity contribution in [2.24, 2.45) is 89.1 Å². The highest BCUT2D eigenvalue weighted by atomic mass is 16.4. The Morgan fingerprint density at radius 2 is 0.655 bits per heavy atom. The van der Waals surface area contributed by atoms with E-state index in [1.54, 1.807) is 88.8 Å². The summed E-state index contributed by atoms with van der Waals surface area (Å²) in [5, 5.41) is 69.9. The van der Waals surface area contributed by atoms with Crippen molar-refractivity contribution in [3.05, 3.63) is 108 Å². The highest BCUT2D eigenvalue weighted by Crippen LogP contribution is 2.24. The lowest BCUT2D eigenvalue weighted by Gasteiger charge is -2.29. The Hall–Kier alpha value is -14.8. The Labute approximate surface area is 803 Å². The summed E-state index contributed by atoms with van der Waals surface area (Å²) in [7, 11) is 0. The summed E-state index contributed by atoms with van der Waals surface area (Å²) < 4.78 is 0. The number of rotatable bonds is 61. The third kappa shape index (κ3) is 38.4. The monoisotopic (exact) mass is 1940 g/mol. The van der Waals surface area contributed by atoms with Crippen LogP contribution in [0.3, 0.4) is 0 Å². The molecule has 0 saturated carbocycles. The number of fused-ring (bicyclic) bond motifs is 3. The Bertz CT molecular complexity index is 5270. The number of aliphatic carboxylic acids is 1. The SMILES string of the molecule is CC(C)C[C@H](NC(=O)CNC(=O)[C@H](CC(C)C)NC(=O)[C@H](CCCCN)NC(=O)[C@H](CO)NC(=O)[C@H](C)NC(=O)[C@H](CCCN=C(N)N)NC(=O)[C@H](Cc1c[nH]c2ccccc12)NC(=O)[C@H](CCCN=C(N)N)NC(=O)[C@H](CCCN=C(N)N)NC(=O)[C@@H](NC(=O)[C@H](Cc1c[nH]c2ccccc12)NC(=O)[C@@H](N)Cc1c[nH]c2ccccc12)[C@@H](C)O)C(=O)N[C@@H](C)C(=O)N[C@@H](CCCN=C(N)N)C(=O)O. The van der Waals surface area contributed by atoms with Gasteiger partial charge in [0.25, 0.3) is 0 Å². The number of nitrogens with one attached hydrogen (secondary N) is 17. The van der Waals surface area contributed by atoms with Crippen LogP contribution in [-0.4, -0.2) is 279 Å². The molecule has 0 aliphatic carbocycles. The molecule has 49 nitrogen and oxygen atoms in total. The Kier molecular flexibility index (Phi) is 46.6. The number of carbonyl (C=O) groups is 15. The number of hydrogen-bond acceptors (Lipinski definition) is 23. The van der Waals surface area contributed by atoms with Crippen molar-refractivity contribution < 1.29 is 87.2 Å². The van der Waals surface area contributed by atoms with Gasteiger partial charge in [0, 0.05) is 90.3 Å². The maximum Gasteiger partial charge on any atom is 0.326 e. The van der Waals surface area contributed by atoms with Crippen molar-refractivity contribution in [1.29, 1.82) is 0 Å². The molecule has 0 radical (unpaired) electrons. The van der Waals surface area contributed by atoms with Gasteiger partial charge in [0.05, 0.1) is 25.3 Å². The zero-order chi connectivity index (χ0) is 103. The zero-order valence-electron chi connectivity index (χ0n) is 79.3. The van der Waals surface area contributed by atoms with Gasteiger partial charge in [-0.2, -0.15) is 0 Å². The number of guanidine groups is 4. The number of para-hydroxylation sites is 3. The van der Waals surface area contributed by atoms with Crippen LogP contribution < -0.4 is 132 Å². The number of H-pyrrole nitrogens is 3. The van der Waals surface area contributed by atoms with Crippen molar-refractivity contribution in [1.82, 2.24) is 89.4 Å². The molecule has 762 valence electrons. The number of nitrogens with zero attached hydrogens (tertiary/aromatic N) is 4. The summed E-state index contributed by atoms with van der Waals surface area (Å²) in [4.78, 5) is 238. The minimum Gasteiger partial charge on any atom is -0.480 e. The molecule has 0 spiro atoms.